The predicted octanol–water partition coefficient (Wildman–Crippen LogP) is 1.13. The zero-order valence-corrected chi connectivity index (χ0v) is 26.3. The molecule has 19 heteroatoms. The monoisotopic (exact) mass is 670 g/mol. The maximum Gasteiger partial charge on any atom is 0.352 e. The third-order valence-corrected chi connectivity index (χ3v) is 13.4. The Labute approximate surface area is 258 Å². The molecular weight excluding hydrogens is 649 g/mol. The molecule has 0 aromatic carbocycles. The van der Waals surface area contributed by atoms with Gasteiger partial charge < -0.3 is 16.2 Å². The Balaban J connectivity index is 1.19. The minimum Gasteiger partial charge on any atom is -0.477 e. The summed E-state index contributed by atoms with van der Waals surface area (Å²) in [6, 6.07) is -1.62. The number of carbonyl (C=O) groups excluding carboxylic acids is 3. The van der Waals surface area contributed by atoms with Gasteiger partial charge in [-0.25, -0.2) is 4.79 Å². The molecule has 0 radical (unpaired) electrons. The summed E-state index contributed by atoms with van der Waals surface area (Å²) in [5.41, 5.74) is 7.49. The fourth-order valence-electron chi connectivity index (χ4n) is 4.68. The lowest BCUT2D eigenvalue weighted by Gasteiger charge is -2.51. The first-order valence-electron chi connectivity index (χ1n) is 12.1. The molecule has 0 spiro atoms. The van der Waals surface area contributed by atoms with Crippen LogP contribution < -0.4 is 11.1 Å². The van der Waals surface area contributed by atoms with Gasteiger partial charge in [0.25, 0.3) is 11.8 Å². The molecule has 4 aliphatic heterocycles. The zero-order valence-electron chi connectivity index (χ0n) is 21.4. The van der Waals surface area contributed by atoms with Crippen LogP contribution in [0.25, 0.3) is 0 Å². The molecule has 0 bridgehead atoms. The van der Waals surface area contributed by atoms with Crippen molar-refractivity contribution in [1.82, 2.24) is 35.5 Å². The molecular formula is C22H22N8O5S6. The SMILES string of the molecule is Cc1nnc(SCC2=C(C(=O)N[C@H]3C(=O)N4C(C(=O)O)=C(CSc5nnc(C)s5)CS[C@@H]34)N3C(=O)[C@H](N)[C@@H]3SC2)s1. The Morgan fingerprint density at radius 1 is 0.902 bits per heavy atom. The molecule has 4 N–H and O–H groups in total. The van der Waals surface area contributed by atoms with Crippen LogP contribution in [0.1, 0.15) is 10.0 Å². The van der Waals surface area contributed by atoms with Crippen molar-refractivity contribution in [2.24, 2.45) is 5.73 Å². The van der Waals surface area contributed by atoms with Crippen LogP contribution in [-0.2, 0) is 19.2 Å². The molecule has 2 fully saturated rings. The van der Waals surface area contributed by atoms with E-state index in [4.69, 9.17) is 5.73 Å². The lowest BCUT2D eigenvalue weighted by Crippen LogP contribution is -2.72. The fraction of sp³-hybridized carbons (Fsp3) is 0.455. The van der Waals surface area contributed by atoms with Crippen molar-refractivity contribution in [3.63, 3.8) is 0 Å². The van der Waals surface area contributed by atoms with E-state index < -0.39 is 35.2 Å². The first-order chi connectivity index (χ1) is 19.6. The molecule has 6 rings (SSSR count). The second-order valence-corrected chi connectivity index (χ2v) is 16.3. The number of carboxylic acids is 1. The van der Waals surface area contributed by atoms with Crippen LogP contribution >= 0.6 is 69.7 Å². The molecule has 0 aliphatic carbocycles. The minimum atomic E-state index is -1.20. The van der Waals surface area contributed by atoms with Crippen molar-refractivity contribution in [3.05, 3.63) is 32.6 Å². The van der Waals surface area contributed by atoms with Gasteiger partial charge in [0.1, 0.15) is 44.2 Å². The molecule has 2 aromatic rings. The summed E-state index contributed by atoms with van der Waals surface area (Å²) < 4.78 is 1.47. The molecule has 4 atom stereocenters. The van der Waals surface area contributed by atoms with E-state index in [0.29, 0.717) is 28.6 Å². The smallest absolute Gasteiger partial charge is 0.352 e. The maximum atomic E-state index is 13.7. The van der Waals surface area contributed by atoms with E-state index in [-0.39, 0.29) is 22.7 Å². The lowest BCUT2D eigenvalue weighted by molar-refractivity contribution is -0.151. The Hall–Kier alpha value is -2.16. The highest BCUT2D eigenvalue weighted by Gasteiger charge is 2.56. The number of aryl methyl sites for hydroxylation is 2. The summed E-state index contributed by atoms with van der Waals surface area (Å²) in [6.45, 7) is 3.70. The number of nitrogens with two attached hydrogens (primary N) is 1. The van der Waals surface area contributed by atoms with Gasteiger partial charge in [0.05, 0.1) is 0 Å². The summed E-state index contributed by atoms with van der Waals surface area (Å²) in [4.78, 5) is 54.5. The minimum absolute atomic E-state index is 0.0559. The number of carboxylic acid groups (broad SMARTS) is 1. The molecule has 13 nitrogen and oxygen atoms in total. The average Bonchev–Trinajstić information content (AvgIpc) is 3.58. The number of fused-ring (bicyclic) bond motifs is 2. The van der Waals surface area contributed by atoms with E-state index in [1.807, 2.05) is 13.8 Å². The van der Waals surface area contributed by atoms with Gasteiger partial charge in [-0.15, -0.1) is 43.9 Å². The van der Waals surface area contributed by atoms with Gasteiger partial charge in [0, 0.05) is 23.0 Å². The number of β-lactam (4-membered cyclic amide) rings is 2. The average molecular weight is 671 g/mol. The standard InChI is InChI=1S/C22H22N8O5S6/c1-7-25-27-21(40-7)38-5-9-3-36-18-11(23)16(32)29(18)13(9)15(31)24-12-17(33)30-14(20(34)35)10(4-37-19(12)30)6-39-22-28-26-8(2)41-22/h11-12,18-19H,3-6,23H2,1-2H3,(H,24,31)(H,34,35)/t11-,12-,18-,19-/m0/s1. The fourth-order valence-corrected chi connectivity index (χ4v) is 11.2. The molecule has 0 unspecified atom stereocenters. The molecule has 41 heavy (non-hydrogen) atoms. The van der Waals surface area contributed by atoms with Gasteiger partial charge >= 0.3 is 5.97 Å². The summed E-state index contributed by atoms with van der Waals surface area (Å²) in [5, 5.41) is 29.7. The molecule has 0 saturated carbocycles. The number of nitrogens with one attached hydrogen (secondary N) is 1. The number of hydrogen-bond donors (Lipinski definition) is 3. The Bertz CT molecular complexity index is 1520. The predicted molar refractivity (Wildman–Crippen MR) is 159 cm³/mol. The molecule has 2 saturated heterocycles. The van der Waals surface area contributed by atoms with E-state index in [0.717, 1.165) is 24.3 Å². The highest BCUT2D eigenvalue weighted by molar-refractivity contribution is 8.02. The first kappa shape index (κ1) is 28.9. The van der Waals surface area contributed by atoms with E-state index >= 15 is 0 Å². The summed E-state index contributed by atoms with van der Waals surface area (Å²) in [7, 11) is 0. The second-order valence-electron chi connectivity index (χ2n) is 9.26. The molecule has 216 valence electrons. The topological polar surface area (TPSA) is 185 Å². The normalized spacial score (nSPS) is 25.5. The van der Waals surface area contributed by atoms with Crippen LogP contribution in [0.15, 0.2) is 31.2 Å². The Morgan fingerprint density at radius 3 is 1.98 bits per heavy atom. The van der Waals surface area contributed by atoms with Gasteiger partial charge in [-0.3, -0.25) is 24.2 Å². The molecule has 6 heterocycles. The first-order valence-corrected chi connectivity index (χ1v) is 17.8. The van der Waals surface area contributed by atoms with Crippen molar-refractivity contribution in [3.8, 4) is 0 Å². The van der Waals surface area contributed by atoms with E-state index in [1.165, 1.54) is 79.5 Å². The maximum absolute atomic E-state index is 13.7. The van der Waals surface area contributed by atoms with Crippen LogP contribution in [-0.4, -0.2) is 105 Å². The Morgan fingerprint density at radius 2 is 1.44 bits per heavy atom. The molecule has 2 aromatic heterocycles. The van der Waals surface area contributed by atoms with Crippen molar-refractivity contribution in [1.29, 1.82) is 0 Å². The van der Waals surface area contributed by atoms with Gasteiger partial charge in [-0.2, -0.15) is 0 Å². The summed E-state index contributed by atoms with van der Waals surface area (Å²) >= 11 is 8.55. The van der Waals surface area contributed by atoms with Crippen LogP contribution in [0.5, 0.6) is 0 Å². The van der Waals surface area contributed by atoms with Crippen LogP contribution in [0.2, 0.25) is 0 Å². The van der Waals surface area contributed by atoms with Crippen molar-refractivity contribution in [2.45, 2.75) is 45.4 Å². The number of aromatic nitrogens is 4. The van der Waals surface area contributed by atoms with E-state index in [1.54, 1.807) is 0 Å². The number of nitrogens with zero attached hydrogens (tertiary/aromatic N) is 6. The largest absolute Gasteiger partial charge is 0.477 e. The van der Waals surface area contributed by atoms with E-state index in [9.17, 15) is 24.3 Å². The van der Waals surface area contributed by atoms with Crippen LogP contribution in [0.4, 0.5) is 0 Å². The van der Waals surface area contributed by atoms with Crippen LogP contribution in [0.3, 0.4) is 0 Å². The van der Waals surface area contributed by atoms with Gasteiger partial charge in [-0.1, -0.05) is 46.2 Å². The number of hydrogen-bond acceptors (Lipinski definition) is 15. The highest BCUT2D eigenvalue weighted by Crippen LogP contribution is 2.44. The van der Waals surface area contributed by atoms with Gasteiger partial charge in [-0.05, 0) is 25.0 Å². The molecule has 4 aliphatic rings. The zero-order chi connectivity index (χ0) is 29.0. The Kier molecular flexibility index (Phi) is 8.11. The summed E-state index contributed by atoms with van der Waals surface area (Å²) in [6.07, 6.45) is 0. The quantitative estimate of drug-likeness (QED) is 0.255. The molecule has 3 amide bonds. The lowest BCUT2D eigenvalue weighted by atomic mass is 10.0. The highest BCUT2D eigenvalue weighted by atomic mass is 32.2. The van der Waals surface area contributed by atoms with E-state index in [2.05, 4.69) is 25.7 Å². The number of rotatable bonds is 9. The number of thioether (sulfide) groups is 4. The van der Waals surface area contributed by atoms with Crippen molar-refractivity contribution in [2.75, 3.05) is 23.0 Å². The number of carbonyl (C=O) groups is 4. The van der Waals surface area contributed by atoms with Gasteiger partial charge in [0.2, 0.25) is 5.91 Å². The van der Waals surface area contributed by atoms with Crippen molar-refractivity contribution < 1.29 is 24.3 Å². The van der Waals surface area contributed by atoms with Gasteiger partial charge in [0.15, 0.2) is 8.68 Å². The number of amides is 3. The second kappa shape index (κ2) is 11.5. The van der Waals surface area contributed by atoms with Crippen LogP contribution in [0, 0.1) is 13.8 Å². The third kappa shape index (κ3) is 5.29. The third-order valence-electron chi connectivity index (χ3n) is 6.59. The summed E-state index contributed by atoms with van der Waals surface area (Å²) in [5.74, 6) is -0.937. The number of aliphatic carboxylic acids is 1. The van der Waals surface area contributed by atoms with Crippen molar-refractivity contribution >= 4 is 93.4 Å².